The van der Waals surface area contributed by atoms with Crippen LogP contribution in [0.25, 0.3) is 0 Å². The average molecular weight is 535 g/mol. The highest BCUT2D eigenvalue weighted by Gasteiger charge is 2.47. The molecule has 0 amide bonds. The Morgan fingerprint density at radius 2 is 2.00 bits per heavy atom. The Balaban J connectivity index is 2.22. The smallest absolute Gasteiger partial charge is 0.336 e. The molecule has 1 aliphatic heterocycles. The van der Waals surface area contributed by atoms with Gasteiger partial charge in [-0.3, -0.25) is 19.7 Å². The standard InChI is InChI=1S/C25H30N2O9S/c1-6-37-8-7-36-25(31)19-13(3)26-15-9-12(2)18(24(30)35-5)23(29)21(15)20(19)14-10-16(27(32)33)22(28)17(11-14)34-4/h10-12,18,20,26,28H,6-9H2,1-5H3/t12-,18+,20+/m1/s1. The Kier molecular flexibility index (Phi) is 8.85. The van der Waals surface area contributed by atoms with Crippen molar-refractivity contribution < 1.29 is 38.6 Å². The number of nitro groups is 1. The van der Waals surface area contributed by atoms with Crippen LogP contribution in [0.5, 0.6) is 11.5 Å². The summed E-state index contributed by atoms with van der Waals surface area (Å²) in [4.78, 5) is 50.6. The Hall–Kier alpha value is -3.54. The minimum atomic E-state index is -1.11. The number of rotatable bonds is 9. The van der Waals surface area contributed by atoms with Crippen LogP contribution in [0.1, 0.15) is 38.7 Å². The summed E-state index contributed by atoms with van der Waals surface area (Å²) >= 11 is 1.59. The molecular formula is C25H30N2O9S. The maximum absolute atomic E-state index is 13.8. The molecule has 0 bridgehead atoms. The third kappa shape index (κ3) is 5.43. The fourth-order valence-electron chi connectivity index (χ4n) is 4.78. The summed E-state index contributed by atoms with van der Waals surface area (Å²) in [6.45, 7) is 5.51. The van der Waals surface area contributed by atoms with E-state index in [0.29, 0.717) is 23.6 Å². The molecule has 0 saturated heterocycles. The van der Waals surface area contributed by atoms with Gasteiger partial charge in [-0.05, 0) is 36.6 Å². The van der Waals surface area contributed by atoms with Crippen LogP contribution < -0.4 is 10.1 Å². The zero-order valence-electron chi connectivity index (χ0n) is 21.3. The minimum absolute atomic E-state index is 0.0776. The number of phenols is 1. The van der Waals surface area contributed by atoms with Gasteiger partial charge in [-0.15, -0.1) is 0 Å². The first kappa shape index (κ1) is 28.0. The maximum atomic E-state index is 13.8. The van der Waals surface area contributed by atoms with Crippen LogP contribution in [-0.4, -0.2) is 60.1 Å². The van der Waals surface area contributed by atoms with Gasteiger partial charge in [0.15, 0.2) is 11.5 Å². The number of nitrogens with one attached hydrogen (secondary N) is 1. The van der Waals surface area contributed by atoms with Crippen molar-refractivity contribution in [1.82, 2.24) is 5.32 Å². The van der Waals surface area contributed by atoms with Crippen LogP contribution in [0.4, 0.5) is 5.69 Å². The lowest BCUT2D eigenvalue weighted by molar-refractivity contribution is -0.386. The molecule has 200 valence electrons. The molecule has 0 saturated carbocycles. The first-order chi connectivity index (χ1) is 17.6. The number of esters is 2. The molecule has 3 atom stereocenters. The summed E-state index contributed by atoms with van der Waals surface area (Å²) in [6.07, 6.45) is 0.307. The van der Waals surface area contributed by atoms with E-state index in [1.54, 1.807) is 25.6 Å². The van der Waals surface area contributed by atoms with Crippen molar-refractivity contribution >= 4 is 35.2 Å². The van der Waals surface area contributed by atoms with E-state index in [4.69, 9.17) is 14.2 Å². The van der Waals surface area contributed by atoms with Gasteiger partial charge in [-0.2, -0.15) is 11.8 Å². The predicted molar refractivity (Wildman–Crippen MR) is 135 cm³/mol. The van der Waals surface area contributed by atoms with Crippen LogP contribution in [0.3, 0.4) is 0 Å². The quantitative estimate of drug-likeness (QED) is 0.158. The number of ketones is 1. The van der Waals surface area contributed by atoms with Gasteiger partial charge >= 0.3 is 17.6 Å². The van der Waals surface area contributed by atoms with Gasteiger partial charge in [-0.1, -0.05) is 13.8 Å². The number of carbonyl (C=O) groups excluding carboxylic acids is 3. The van der Waals surface area contributed by atoms with Crippen molar-refractivity contribution in [1.29, 1.82) is 0 Å². The second kappa shape index (κ2) is 11.7. The van der Waals surface area contributed by atoms with Gasteiger partial charge in [0.25, 0.3) is 0 Å². The van der Waals surface area contributed by atoms with E-state index < -0.39 is 45.9 Å². The molecule has 2 aliphatic rings. The molecular weight excluding hydrogens is 504 g/mol. The molecule has 1 aromatic rings. The first-order valence-corrected chi connectivity index (χ1v) is 12.9. The molecule has 0 unspecified atom stereocenters. The van der Waals surface area contributed by atoms with E-state index in [0.717, 1.165) is 11.8 Å². The number of methoxy groups -OCH3 is 2. The van der Waals surface area contributed by atoms with Gasteiger partial charge in [0.05, 0.1) is 24.7 Å². The zero-order valence-corrected chi connectivity index (χ0v) is 22.1. The van der Waals surface area contributed by atoms with Crippen molar-refractivity contribution in [2.75, 3.05) is 32.3 Å². The fourth-order valence-corrected chi connectivity index (χ4v) is 5.26. The molecule has 2 N–H and O–H groups in total. The monoisotopic (exact) mass is 534 g/mol. The van der Waals surface area contributed by atoms with Crippen molar-refractivity contribution in [2.45, 2.75) is 33.1 Å². The van der Waals surface area contributed by atoms with Crippen molar-refractivity contribution in [3.8, 4) is 11.5 Å². The summed E-state index contributed by atoms with van der Waals surface area (Å²) in [5, 5.41) is 25.2. The number of hydrogen-bond acceptors (Lipinski definition) is 11. The van der Waals surface area contributed by atoms with E-state index >= 15 is 0 Å². The van der Waals surface area contributed by atoms with Gasteiger partial charge in [0.1, 0.15) is 12.5 Å². The van der Waals surface area contributed by atoms with Gasteiger partial charge in [0, 0.05) is 34.7 Å². The predicted octanol–water partition coefficient (Wildman–Crippen LogP) is 3.22. The van der Waals surface area contributed by atoms with E-state index in [1.165, 1.54) is 20.3 Å². The second-order valence-electron chi connectivity index (χ2n) is 8.72. The van der Waals surface area contributed by atoms with E-state index in [9.17, 15) is 29.6 Å². The number of benzene rings is 1. The van der Waals surface area contributed by atoms with Crippen molar-refractivity contribution in [3.05, 3.63) is 50.4 Å². The zero-order chi connectivity index (χ0) is 27.4. The van der Waals surface area contributed by atoms with Gasteiger partial charge in [-0.25, -0.2) is 4.79 Å². The molecule has 1 heterocycles. The SMILES string of the molecule is CCSCCOC(=O)C1=C(C)NC2=C(C(=O)[C@@H](C(=O)OC)[C@H](C)C2)[C@H]1c1cc(OC)c(O)c([N+](=O)[O-])c1. The minimum Gasteiger partial charge on any atom is -0.500 e. The molecule has 0 aromatic heterocycles. The number of thioether (sulfide) groups is 1. The number of dihydropyridines is 1. The summed E-state index contributed by atoms with van der Waals surface area (Å²) in [6, 6.07) is 2.44. The van der Waals surface area contributed by atoms with Crippen LogP contribution in [0.2, 0.25) is 0 Å². The lowest BCUT2D eigenvalue weighted by Crippen LogP contribution is -2.43. The molecule has 1 aliphatic carbocycles. The van der Waals surface area contributed by atoms with Crippen molar-refractivity contribution in [3.63, 3.8) is 0 Å². The number of nitrogens with zero attached hydrogens (tertiary/aromatic N) is 1. The molecule has 0 fully saturated rings. The van der Waals surface area contributed by atoms with Gasteiger partial charge in [0.2, 0.25) is 5.75 Å². The number of allylic oxidation sites excluding steroid dienone is 3. The third-order valence-corrected chi connectivity index (χ3v) is 7.32. The summed E-state index contributed by atoms with van der Waals surface area (Å²) in [7, 11) is 2.43. The molecule has 12 heteroatoms. The number of nitro benzene ring substituents is 1. The largest absolute Gasteiger partial charge is 0.500 e. The third-order valence-electron chi connectivity index (χ3n) is 6.46. The van der Waals surface area contributed by atoms with Crippen LogP contribution in [-0.2, 0) is 23.9 Å². The number of Topliss-reactive ketones (excluding diaryl/α,β-unsaturated/α-hetero) is 1. The Bertz CT molecular complexity index is 1190. The Morgan fingerprint density at radius 1 is 1.30 bits per heavy atom. The molecule has 11 nitrogen and oxygen atoms in total. The normalized spacial score (nSPS) is 21.2. The van der Waals surface area contributed by atoms with Crippen LogP contribution >= 0.6 is 11.8 Å². The average Bonchev–Trinajstić information content (AvgIpc) is 2.85. The highest BCUT2D eigenvalue weighted by molar-refractivity contribution is 7.99. The molecule has 37 heavy (non-hydrogen) atoms. The lowest BCUT2D eigenvalue weighted by atomic mass is 9.69. The number of carbonyl (C=O) groups is 3. The molecule has 0 spiro atoms. The van der Waals surface area contributed by atoms with Crippen LogP contribution in [0.15, 0.2) is 34.7 Å². The summed E-state index contributed by atoms with van der Waals surface area (Å²) in [5.41, 5.74) is 0.637. The Labute approximate surface area is 218 Å². The summed E-state index contributed by atoms with van der Waals surface area (Å²) < 4.78 is 15.5. The van der Waals surface area contributed by atoms with Gasteiger partial charge < -0.3 is 24.6 Å². The lowest BCUT2D eigenvalue weighted by Gasteiger charge is -2.38. The Morgan fingerprint density at radius 3 is 2.59 bits per heavy atom. The topological polar surface area (TPSA) is 154 Å². The first-order valence-electron chi connectivity index (χ1n) is 11.7. The van der Waals surface area contributed by atoms with Crippen LogP contribution in [0, 0.1) is 22.0 Å². The van der Waals surface area contributed by atoms with Crippen molar-refractivity contribution in [2.24, 2.45) is 11.8 Å². The highest BCUT2D eigenvalue weighted by atomic mass is 32.2. The van der Waals surface area contributed by atoms with E-state index in [2.05, 4.69) is 5.32 Å². The summed E-state index contributed by atoms with van der Waals surface area (Å²) in [5.74, 6) is -4.03. The molecule has 3 rings (SSSR count). The number of hydrogen-bond donors (Lipinski definition) is 2. The number of phenolic OH excluding ortho intramolecular Hbond substituents is 1. The molecule has 0 radical (unpaired) electrons. The fraction of sp³-hybridized carbons (Fsp3) is 0.480. The number of ether oxygens (including phenoxy) is 3. The second-order valence-corrected chi connectivity index (χ2v) is 10.1. The number of aromatic hydroxyl groups is 1. The highest BCUT2D eigenvalue weighted by Crippen LogP contribution is 2.48. The van der Waals surface area contributed by atoms with E-state index in [1.807, 2.05) is 6.92 Å². The van der Waals surface area contributed by atoms with E-state index in [-0.39, 0.29) is 35.0 Å². The molecule has 1 aromatic carbocycles. The maximum Gasteiger partial charge on any atom is 0.336 e.